The topological polar surface area (TPSA) is 32.3 Å². The number of aliphatic hydroxyl groups is 1. The number of aliphatic hydroxyl groups excluding tert-OH is 1. The molecule has 2 atom stereocenters. The maximum absolute atomic E-state index is 9.51. The van der Waals surface area contributed by atoms with E-state index in [1.165, 1.54) is 24.0 Å². The first-order chi connectivity index (χ1) is 7.20. The molecule has 0 saturated heterocycles. The van der Waals surface area contributed by atoms with Gasteiger partial charge < -0.3 is 10.4 Å². The van der Waals surface area contributed by atoms with Gasteiger partial charge in [-0.1, -0.05) is 19.9 Å². The SMILES string of the molecule is CCC(O)Nc1ccc2c(c1)C(C)CC2. The minimum atomic E-state index is -0.431. The van der Waals surface area contributed by atoms with Crippen LogP contribution < -0.4 is 5.32 Å². The second-order valence-electron chi connectivity index (χ2n) is 4.42. The number of hydrogen-bond donors (Lipinski definition) is 2. The number of nitrogens with one attached hydrogen (secondary N) is 1. The molecule has 0 amide bonds. The van der Waals surface area contributed by atoms with Crippen LogP contribution in [0.2, 0.25) is 0 Å². The second kappa shape index (κ2) is 4.23. The van der Waals surface area contributed by atoms with Crippen molar-refractivity contribution in [3.63, 3.8) is 0 Å². The van der Waals surface area contributed by atoms with E-state index in [1.807, 2.05) is 6.92 Å². The highest BCUT2D eigenvalue weighted by Crippen LogP contribution is 2.34. The van der Waals surface area contributed by atoms with Gasteiger partial charge in [-0.25, -0.2) is 0 Å². The van der Waals surface area contributed by atoms with Crippen LogP contribution in [0.3, 0.4) is 0 Å². The molecule has 0 aliphatic heterocycles. The summed E-state index contributed by atoms with van der Waals surface area (Å²) in [4.78, 5) is 0. The lowest BCUT2D eigenvalue weighted by Gasteiger charge is -2.14. The number of aryl methyl sites for hydroxylation is 1. The van der Waals surface area contributed by atoms with Crippen LogP contribution >= 0.6 is 0 Å². The second-order valence-corrected chi connectivity index (χ2v) is 4.42. The Kier molecular flexibility index (Phi) is 2.96. The minimum Gasteiger partial charge on any atom is -0.374 e. The Morgan fingerprint density at radius 3 is 3.07 bits per heavy atom. The Morgan fingerprint density at radius 2 is 2.33 bits per heavy atom. The lowest BCUT2D eigenvalue weighted by Crippen LogP contribution is -2.17. The van der Waals surface area contributed by atoms with Crippen molar-refractivity contribution < 1.29 is 5.11 Å². The molecule has 2 rings (SSSR count). The molecule has 0 heterocycles. The van der Waals surface area contributed by atoms with E-state index in [9.17, 15) is 5.11 Å². The monoisotopic (exact) mass is 205 g/mol. The smallest absolute Gasteiger partial charge is 0.124 e. The Balaban J connectivity index is 2.18. The Bertz CT molecular complexity index is 348. The molecule has 0 saturated carbocycles. The molecule has 0 bridgehead atoms. The molecule has 1 aromatic rings. The number of fused-ring (bicyclic) bond motifs is 1. The van der Waals surface area contributed by atoms with Gasteiger partial charge in [0.2, 0.25) is 0 Å². The normalized spacial score (nSPS) is 21.1. The van der Waals surface area contributed by atoms with Gasteiger partial charge in [0.1, 0.15) is 6.23 Å². The van der Waals surface area contributed by atoms with E-state index in [0.29, 0.717) is 5.92 Å². The molecule has 82 valence electrons. The fourth-order valence-electron chi connectivity index (χ4n) is 2.19. The fourth-order valence-corrected chi connectivity index (χ4v) is 2.19. The molecule has 1 aromatic carbocycles. The van der Waals surface area contributed by atoms with Crippen LogP contribution in [-0.4, -0.2) is 11.3 Å². The standard InChI is InChI=1S/C13H19NO/c1-3-13(15)14-11-7-6-10-5-4-9(2)12(10)8-11/h6-9,13-15H,3-5H2,1-2H3. The molecule has 0 spiro atoms. The van der Waals surface area contributed by atoms with Gasteiger partial charge in [-0.15, -0.1) is 0 Å². The van der Waals surface area contributed by atoms with E-state index in [0.717, 1.165) is 12.1 Å². The Morgan fingerprint density at radius 1 is 1.53 bits per heavy atom. The van der Waals surface area contributed by atoms with E-state index in [-0.39, 0.29) is 0 Å². The summed E-state index contributed by atoms with van der Waals surface area (Å²) >= 11 is 0. The molecule has 2 N–H and O–H groups in total. The van der Waals surface area contributed by atoms with Crippen LogP contribution in [0.25, 0.3) is 0 Å². The molecule has 1 aliphatic rings. The number of benzene rings is 1. The molecule has 0 radical (unpaired) electrons. The van der Waals surface area contributed by atoms with Gasteiger partial charge in [0.05, 0.1) is 0 Å². The van der Waals surface area contributed by atoms with Crippen molar-refractivity contribution in [1.82, 2.24) is 0 Å². The Labute approximate surface area is 91.3 Å². The lowest BCUT2D eigenvalue weighted by atomic mass is 10.0. The van der Waals surface area contributed by atoms with E-state index in [2.05, 4.69) is 30.4 Å². The van der Waals surface area contributed by atoms with Crippen LogP contribution in [0.1, 0.15) is 43.7 Å². The summed E-state index contributed by atoms with van der Waals surface area (Å²) in [5, 5.41) is 12.6. The van der Waals surface area contributed by atoms with Crippen molar-refractivity contribution in [3.8, 4) is 0 Å². The summed E-state index contributed by atoms with van der Waals surface area (Å²) < 4.78 is 0. The third-order valence-corrected chi connectivity index (χ3v) is 3.24. The summed E-state index contributed by atoms with van der Waals surface area (Å²) in [5.41, 5.74) is 3.96. The average Bonchev–Trinajstić information content (AvgIpc) is 2.60. The van der Waals surface area contributed by atoms with Crippen LogP contribution in [-0.2, 0) is 6.42 Å². The van der Waals surface area contributed by atoms with Gasteiger partial charge in [0, 0.05) is 5.69 Å². The highest BCUT2D eigenvalue weighted by atomic mass is 16.3. The van der Waals surface area contributed by atoms with Crippen molar-refractivity contribution >= 4 is 5.69 Å². The maximum atomic E-state index is 9.51. The predicted octanol–water partition coefficient (Wildman–Crippen LogP) is 2.88. The van der Waals surface area contributed by atoms with Crippen molar-refractivity contribution in [3.05, 3.63) is 29.3 Å². The number of rotatable bonds is 3. The third kappa shape index (κ3) is 2.15. The number of anilines is 1. The first-order valence-corrected chi connectivity index (χ1v) is 5.78. The van der Waals surface area contributed by atoms with Crippen LogP contribution in [0.4, 0.5) is 5.69 Å². The van der Waals surface area contributed by atoms with Crippen molar-refractivity contribution in [2.24, 2.45) is 0 Å². The van der Waals surface area contributed by atoms with Gasteiger partial charge in [0.25, 0.3) is 0 Å². The van der Waals surface area contributed by atoms with Gasteiger partial charge >= 0.3 is 0 Å². The zero-order chi connectivity index (χ0) is 10.8. The number of hydrogen-bond acceptors (Lipinski definition) is 2. The molecule has 15 heavy (non-hydrogen) atoms. The summed E-state index contributed by atoms with van der Waals surface area (Å²) in [5.74, 6) is 0.667. The molecule has 0 aromatic heterocycles. The maximum Gasteiger partial charge on any atom is 0.124 e. The van der Waals surface area contributed by atoms with Crippen LogP contribution in [0.15, 0.2) is 18.2 Å². The molecule has 1 aliphatic carbocycles. The zero-order valence-electron chi connectivity index (χ0n) is 9.46. The Hall–Kier alpha value is -1.02. The molecular formula is C13H19NO. The van der Waals surface area contributed by atoms with Gasteiger partial charge in [-0.2, -0.15) is 0 Å². The predicted molar refractivity (Wildman–Crippen MR) is 63.1 cm³/mol. The minimum absolute atomic E-state index is 0.431. The van der Waals surface area contributed by atoms with Gasteiger partial charge in [-0.05, 0) is 48.4 Å². The summed E-state index contributed by atoms with van der Waals surface area (Å²) in [7, 11) is 0. The van der Waals surface area contributed by atoms with E-state index in [1.54, 1.807) is 0 Å². The lowest BCUT2D eigenvalue weighted by molar-refractivity contribution is 0.199. The molecule has 2 unspecified atom stereocenters. The highest BCUT2D eigenvalue weighted by Gasteiger charge is 2.18. The fraction of sp³-hybridized carbons (Fsp3) is 0.538. The zero-order valence-corrected chi connectivity index (χ0v) is 9.46. The quantitative estimate of drug-likeness (QED) is 0.744. The molecule has 0 fully saturated rings. The van der Waals surface area contributed by atoms with Crippen molar-refractivity contribution in [2.75, 3.05) is 5.32 Å². The van der Waals surface area contributed by atoms with E-state index < -0.39 is 6.23 Å². The van der Waals surface area contributed by atoms with Crippen LogP contribution in [0, 0.1) is 0 Å². The molecule has 2 nitrogen and oxygen atoms in total. The third-order valence-electron chi connectivity index (χ3n) is 3.24. The van der Waals surface area contributed by atoms with Crippen molar-refractivity contribution in [1.29, 1.82) is 0 Å². The average molecular weight is 205 g/mol. The van der Waals surface area contributed by atoms with Crippen LogP contribution in [0.5, 0.6) is 0 Å². The summed E-state index contributed by atoms with van der Waals surface area (Å²) in [6, 6.07) is 6.44. The molecule has 2 heteroatoms. The van der Waals surface area contributed by atoms with Gasteiger partial charge in [0.15, 0.2) is 0 Å². The molecular weight excluding hydrogens is 186 g/mol. The summed E-state index contributed by atoms with van der Waals surface area (Å²) in [6.45, 7) is 4.24. The van der Waals surface area contributed by atoms with Crippen molar-refractivity contribution in [2.45, 2.75) is 45.3 Å². The van der Waals surface area contributed by atoms with Gasteiger partial charge in [-0.3, -0.25) is 0 Å². The highest BCUT2D eigenvalue weighted by molar-refractivity contribution is 5.51. The first kappa shape index (κ1) is 10.5. The summed E-state index contributed by atoms with van der Waals surface area (Å²) in [6.07, 6.45) is 2.76. The largest absolute Gasteiger partial charge is 0.374 e. The first-order valence-electron chi connectivity index (χ1n) is 5.78. The van der Waals surface area contributed by atoms with E-state index >= 15 is 0 Å². The van der Waals surface area contributed by atoms with E-state index in [4.69, 9.17) is 0 Å².